The zero-order valence-electron chi connectivity index (χ0n) is 11.2. The van der Waals surface area contributed by atoms with Gasteiger partial charge in [0.1, 0.15) is 11.1 Å². The Morgan fingerprint density at radius 3 is 2.50 bits per heavy atom. The summed E-state index contributed by atoms with van der Waals surface area (Å²) in [5, 5.41) is 26.5. The Kier molecular flexibility index (Phi) is 3.64. The standard InChI is InChI=1S/C15H10BrN3O3/c16-10-3-5-11(6-4-10)17-13-7-8-14-12(15(13)19(21)22)2-1-9-18(14)20/h1-9,17H. The lowest BCUT2D eigenvalue weighted by Gasteiger charge is -2.09. The van der Waals surface area contributed by atoms with Crippen molar-refractivity contribution in [2.75, 3.05) is 5.32 Å². The van der Waals surface area contributed by atoms with Crippen LogP contribution >= 0.6 is 15.9 Å². The monoisotopic (exact) mass is 359 g/mol. The molecule has 0 fully saturated rings. The zero-order valence-corrected chi connectivity index (χ0v) is 12.8. The predicted molar refractivity (Wildman–Crippen MR) is 87.0 cm³/mol. The first kappa shape index (κ1) is 14.3. The SMILES string of the molecule is O=[N+]([O-])c1c(Nc2ccc(Br)cc2)ccc2c1ccc[n+]2[O-]. The fourth-order valence-electron chi connectivity index (χ4n) is 2.24. The minimum Gasteiger partial charge on any atom is -0.618 e. The minimum absolute atomic E-state index is 0.120. The summed E-state index contributed by atoms with van der Waals surface area (Å²) in [4.78, 5) is 11.0. The van der Waals surface area contributed by atoms with Gasteiger partial charge in [-0.15, -0.1) is 0 Å². The van der Waals surface area contributed by atoms with E-state index >= 15 is 0 Å². The molecule has 0 aliphatic rings. The van der Waals surface area contributed by atoms with Gasteiger partial charge in [-0.1, -0.05) is 15.9 Å². The highest BCUT2D eigenvalue weighted by Crippen LogP contribution is 2.34. The molecule has 1 N–H and O–H groups in total. The van der Waals surface area contributed by atoms with E-state index in [2.05, 4.69) is 21.2 Å². The molecule has 0 bridgehead atoms. The van der Waals surface area contributed by atoms with Crippen LogP contribution < -0.4 is 10.0 Å². The molecule has 0 saturated carbocycles. The summed E-state index contributed by atoms with van der Waals surface area (Å²) < 4.78 is 1.53. The van der Waals surface area contributed by atoms with Crippen LogP contribution in [0.25, 0.3) is 10.9 Å². The summed E-state index contributed by atoms with van der Waals surface area (Å²) in [7, 11) is 0. The first-order valence-electron chi connectivity index (χ1n) is 6.38. The number of pyridine rings is 1. The minimum atomic E-state index is -0.483. The third kappa shape index (κ3) is 2.58. The van der Waals surface area contributed by atoms with Crippen molar-refractivity contribution in [2.45, 2.75) is 0 Å². The van der Waals surface area contributed by atoms with E-state index in [1.807, 2.05) is 12.1 Å². The van der Waals surface area contributed by atoms with Crippen LogP contribution in [0.3, 0.4) is 0 Å². The molecule has 7 heteroatoms. The maximum absolute atomic E-state index is 11.7. The average Bonchev–Trinajstić information content (AvgIpc) is 2.49. The van der Waals surface area contributed by atoms with Crippen molar-refractivity contribution in [1.29, 1.82) is 0 Å². The number of nitro groups is 1. The molecule has 1 heterocycles. The smallest absolute Gasteiger partial charge is 0.306 e. The van der Waals surface area contributed by atoms with Gasteiger partial charge in [0, 0.05) is 22.3 Å². The van der Waals surface area contributed by atoms with Crippen LogP contribution in [0.5, 0.6) is 0 Å². The van der Waals surface area contributed by atoms with Crippen molar-refractivity contribution >= 4 is 43.9 Å². The van der Waals surface area contributed by atoms with E-state index in [4.69, 9.17) is 0 Å². The van der Waals surface area contributed by atoms with E-state index in [0.717, 1.165) is 10.2 Å². The highest BCUT2D eigenvalue weighted by atomic mass is 79.9. The number of aromatic nitrogens is 1. The summed E-state index contributed by atoms with van der Waals surface area (Å²) in [5.41, 5.74) is 1.20. The number of nitrogens with zero attached hydrogens (tertiary/aromatic N) is 2. The van der Waals surface area contributed by atoms with Gasteiger partial charge in [-0.05, 0) is 36.4 Å². The van der Waals surface area contributed by atoms with E-state index in [1.165, 1.54) is 18.3 Å². The van der Waals surface area contributed by atoms with E-state index in [0.29, 0.717) is 15.8 Å². The van der Waals surface area contributed by atoms with Gasteiger partial charge in [0.2, 0.25) is 5.52 Å². The molecule has 6 nitrogen and oxygen atoms in total. The lowest BCUT2D eigenvalue weighted by Crippen LogP contribution is -2.25. The fourth-order valence-corrected chi connectivity index (χ4v) is 2.50. The van der Waals surface area contributed by atoms with Gasteiger partial charge < -0.3 is 10.5 Å². The second-order valence-corrected chi connectivity index (χ2v) is 5.53. The van der Waals surface area contributed by atoms with Crippen molar-refractivity contribution in [1.82, 2.24) is 0 Å². The molecule has 1 aromatic heterocycles. The Labute approximate surface area is 133 Å². The largest absolute Gasteiger partial charge is 0.618 e. The Morgan fingerprint density at radius 1 is 1.09 bits per heavy atom. The fraction of sp³-hybridized carbons (Fsp3) is 0. The normalized spacial score (nSPS) is 10.6. The third-order valence-corrected chi connectivity index (χ3v) is 3.75. The van der Waals surface area contributed by atoms with Crippen LogP contribution in [0, 0.1) is 15.3 Å². The van der Waals surface area contributed by atoms with E-state index in [-0.39, 0.29) is 11.2 Å². The molecule has 0 aliphatic heterocycles. The Bertz CT molecular complexity index is 866. The van der Waals surface area contributed by atoms with Gasteiger partial charge in [-0.2, -0.15) is 4.73 Å². The Hall–Kier alpha value is -2.67. The summed E-state index contributed by atoms with van der Waals surface area (Å²) in [6, 6.07) is 13.4. The number of halogens is 1. The molecular formula is C15H10BrN3O3. The van der Waals surface area contributed by atoms with E-state index in [9.17, 15) is 15.3 Å². The van der Waals surface area contributed by atoms with Crippen molar-refractivity contribution < 1.29 is 9.65 Å². The highest BCUT2D eigenvalue weighted by molar-refractivity contribution is 9.10. The maximum Gasteiger partial charge on any atom is 0.306 e. The number of benzene rings is 2. The highest BCUT2D eigenvalue weighted by Gasteiger charge is 2.22. The van der Waals surface area contributed by atoms with Gasteiger partial charge in [0.05, 0.1) is 4.92 Å². The molecule has 110 valence electrons. The number of hydrogen-bond acceptors (Lipinski definition) is 4. The molecular weight excluding hydrogens is 350 g/mol. The quantitative estimate of drug-likeness (QED) is 0.333. The molecule has 0 spiro atoms. The molecule has 0 atom stereocenters. The van der Waals surface area contributed by atoms with Crippen molar-refractivity contribution in [2.24, 2.45) is 0 Å². The molecule has 3 aromatic rings. The molecule has 0 unspecified atom stereocenters. The summed E-state index contributed by atoms with van der Waals surface area (Å²) in [5.74, 6) is 0. The van der Waals surface area contributed by atoms with Gasteiger partial charge in [-0.3, -0.25) is 10.1 Å². The van der Waals surface area contributed by atoms with E-state index < -0.39 is 4.92 Å². The second kappa shape index (κ2) is 5.61. The molecule has 0 amide bonds. The molecule has 0 saturated heterocycles. The van der Waals surface area contributed by atoms with Crippen LogP contribution in [0.1, 0.15) is 0 Å². The van der Waals surface area contributed by atoms with Crippen LogP contribution in [-0.4, -0.2) is 4.92 Å². The Morgan fingerprint density at radius 2 is 1.82 bits per heavy atom. The van der Waals surface area contributed by atoms with Crippen LogP contribution in [0.15, 0.2) is 59.2 Å². The van der Waals surface area contributed by atoms with Crippen LogP contribution in [0.2, 0.25) is 0 Å². The van der Waals surface area contributed by atoms with Gasteiger partial charge >= 0.3 is 5.69 Å². The second-order valence-electron chi connectivity index (χ2n) is 4.62. The average molecular weight is 360 g/mol. The summed E-state index contributed by atoms with van der Waals surface area (Å²) in [6.45, 7) is 0. The number of nitrogens with one attached hydrogen (secondary N) is 1. The van der Waals surface area contributed by atoms with Gasteiger partial charge in [0.25, 0.3) is 0 Å². The van der Waals surface area contributed by atoms with Crippen LogP contribution in [-0.2, 0) is 0 Å². The first-order valence-corrected chi connectivity index (χ1v) is 7.17. The third-order valence-electron chi connectivity index (χ3n) is 3.22. The van der Waals surface area contributed by atoms with Crippen molar-refractivity contribution in [3.8, 4) is 0 Å². The molecule has 0 aliphatic carbocycles. The number of nitro benzene ring substituents is 1. The lowest BCUT2D eigenvalue weighted by atomic mass is 10.1. The number of anilines is 2. The molecule has 3 rings (SSSR count). The number of fused-ring (bicyclic) bond motifs is 1. The topological polar surface area (TPSA) is 82.1 Å². The van der Waals surface area contributed by atoms with E-state index in [1.54, 1.807) is 24.3 Å². The number of hydrogen-bond donors (Lipinski definition) is 1. The molecule has 22 heavy (non-hydrogen) atoms. The van der Waals surface area contributed by atoms with Gasteiger partial charge in [0.15, 0.2) is 6.20 Å². The maximum atomic E-state index is 11.7. The molecule has 2 aromatic carbocycles. The van der Waals surface area contributed by atoms with Gasteiger partial charge in [-0.25, -0.2) is 0 Å². The summed E-state index contributed by atoms with van der Waals surface area (Å²) >= 11 is 3.34. The lowest BCUT2D eigenvalue weighted by molar-refractivity contribution is -0.577. The molecule has 0 radical (unpaired) electrons. The van der Waals surface area contributed by atoms with Crippen molar-refractivity contribution in [3.63, 3.8) is 0 Å². The Balaban J connectivity index is 2.15. The number of rotatable bonds is 3. The van der Waals surface area contributed by atoms with Crippen LogP contribution in [0.4, 0.5) is 17.1 Å². The van der Waals surface area contributed by atoms with Crippen molar-refractivity contribution in [3.05, 3.63) is 74.5 Å². The zero-order chi connectivity index (χ0) is 15.7. The first-order chi connectivity index (χ1) is 10.6. The summed E-state index contributed by atoms with van der Waals surface area (Å²) in [6.07, 6.45) is 1.31. The predicted octanol–water partition coefficient (Wildman–Crippen LogP) is 3.89.